The predicted octanol–water partition coefficient (Wildman–Crippen LogP) is 9.75. The van der Waals surface area contributed by atoms with Crippen LogP contribution in [0, 0.1) is 29.2 Å². The Kier molecular flexibility index (Phi) is 7.68. The first kappa shape index (κ1) is 25.1. The fourth-order valence-electron chi connectivity index (χ4n) is 4.94. The quantitative estimate of drug-likeness (QED) is 0.184. The molecule has 0 heterocycles. The highest BCUT2D eigenvalue weighted by Crippen LogP contribution is 2.38. The topological polar surface area (TPSA) is 0 Å². The highest BCUT2D eigenvalue weighted by atomic mass is 19.2. The van der Waals surface area contributed by atoms with Crippen molar-refractivity contribution in [3.8, 4) is 11.1 Å². The van der Waals surface area contributed by atoms with Crippen molar-refractivity contribution in [3.05, 3.63) is 94.6 Å². The van der Waals surface area contributed by atoms with E-state index in [0.717, 1.165) is 36.5 Å². The molecule has 0 nitrogen and oxygen atoms in total. The van der Waals surface area contributed by atoms with Gasteiger partial charge >= 0.3 is 0 Å². The molecule has 1 aliphatic carbocycles. The first-order chi connectivity index (χ1) is 16.8. The normalized spacial score (nSPS) is 18.9. The molecule has 184 valence electrons. The van der Waals surface area contributed by atoms with Crippen molar-refractivity contribution >= 4 is 11.7 Å². The van der Waals surface area contributed by atoms with E-state index in [-0.39, 0.29) is 0 Å². The van der Waals surface area contributed by atoms with E-state index in [1.807, 2.05) is 24.3 Å². The standard InChI is InChI=1S/C29H26F6/c1-2-3-17-4-6-18(7-5-17)19-8-10-20(11-9-19)21-12-13-23(24(30)14-21)28(34)27(33)22-15-25(31)29(35)26(32)16-22/h8-18H,2-7H2,1H3/b28-27-. The van der Waals surface area contributed by atoms with Crippen molar-refractivity contribution in [1.82, 2.24) is 0 Å². The molecule has 0 bridgehead atoms. The maximum Gasteiger partial charge on any atom is 0.194 e. The van der Waals surface area contributed by atoms with E-state index in [1.54, 1.807) is 0 Å². The van der Waals surface area contributed by atoms with Gasteiger partial charge in [-0.1, -0.05) is 50.1 Å². The van der Waals surface area contributed by atoms with Crippen LogP contribution in [0.15, 0.2) is 54.6 Å². The number of hydrogen-bond donors (Lipinski definition) is 0. The lowest BCUT2D eigenvalue weighted by Crippen LogP contribution is -2.13. The van der Waals surface area contributed by atoms with Crippen molar-refractivity contribution in [2.45, 2.75) is 51.4 Å². The molecule has 1 fully saturated rings. The molecule has 0 N–H and O–H groups in total. The molecule has 0 spiro atoms. The third-order valence-electron chi connectivity index (χ3n) is 6.89. The minimum atomic E-state index is -1.80. The fourth-order valence-corrected chi connectivity index (χ4v) is 4.94. The first-order valence-electron chi connectivity index (χ1n) is 11.9. The number of benzene rings is 3. The van der Waals surface area contributed by atoms with Gasteiger partial charge in [0.05, 0.1) is 0 Å². The maximum absolute atomic E-state index is 14.7. The van der Waals surface area contributed by atoms with Crippen molar-refractivity contribution in [3.63, 3.8) is 0 Å². The lowest BCUT2D eigenvalue weighted by Gasteiger charge is -2.28. The van der Waals surface area contributed by atoms with Gasteiger partial charge in [-0.15, -0.1) is 0 Å². The van der Waals surface area contributed by atoms with Gasteiger partial charge in [0.25, 0.3) is 0 Å². The molecule has 0 unspecified atom stereocenters. The second-order valence-corrected chi connectivity index (χ2v) is 9.20. The van der Waals surface area contributed by atoms with Gasteiger partial charge in [-0.2, -0.15) is 0 Å². The van der Waals surface area contributed by atoms with Gasteiger partial charge in [-0.05, 0) is 78.5 Å². The van der Waals surface area contributed by atoms with Crippen LogP contribution in [0.3, 0.4) is 0 Å². The summed E-state index contributed by atoms with van der Waals surface area (Å²) < 4.78 is 83.7. The minimum absolute atomic E-state index is 0.317. The SMILES string of the molecule is CCCC1CCC(c2ccc(-c3ccc(/C(F)=C(/F)c4cc(F)c(F)c(F)c4)c(F)c3)cc2)CC1. The van der Waals surface area contributed by atoms with Crippen LogP contribution < -0.4 is 0 Å². The zero-order chi connectivity index (χ0) is 25.1. The summed E-state index contributed by atoms with van der Waals surface area (Å²) in [5, 5.41) is 0. The van der Waals surface area contributed by atoms with E-state index >= 15 is 0 Å². The van der Waals surface area contributed by atoms with Crippen molar-refractivity contribution in [1.29, 1.82) is 0 Å². The van der Waals surface area contributed by atoms with Crippen molar-refractivity contribution in [2.24, 2.45) is 5.92 Å². The van der Waals surface area contributed by atoms with E-state index < -0.39 is 46.0 Å². The molecule has 6 heteroatoms. The summed E-state index contributed by atoms with van der Waals surface area (Å²) in [7, 11) is 0. The van der Waals surface area contributed by atoms with E-state index in [1.165, 1.54) is 37.3 Å². The largest absolute Gasteiger partial charge is 0.206 e. The van der Waals surface area contributed by atoms with Crippen LogP contribution >= 0.6 is 0 Å². The Labute approximate surface area is 201 Å². The molecule has 4 rings (SSSR count). The van der Waals surface area contributed by atoms with Crippen molar-refractivity contribution < 1.29 is 26.3 Å². The van der Waals surface area contributed by atoms with Gasteiger partial charge in [0.2, 0.25) is 0 Å². The average Bonchev–Trinajstić information content (AvgIpc) is 2.87. The van der Waals surface area contributed by atoms with Gasteiger partial charge in [0.15, 0.2) is 29.1 Å². The first-order valence-corrected chi connectivity index (χ1v) is 11.9. The summed E-state index contributed by atoms with van der Waals surface area (Å²) in [5.74, 6) is -8.16. The van der Waals surface area contributed by atoms with Crippen LogP contribution in [0.2, 0.25) is 0 Å². The van der Waals surface area contributed by atoms with Crippen LogP contribution in [0.1, 0.15) is 68.1 Å². The second-order valence-electron chi connectivity index (χ2n) is 9.20. The molecule has 0 aliphatic heterocycles. The molecule has 0 atom stereocenters. The Morgan fingerprint density at radius 2 is 1.31 bits per heavy atom. The zero-order valence-corrected chi connectivity index (χ0v) is 19.4. The highest BCUT2D eigenvalue weighted by Gasteiger charge is 2.22. The average molecular weight is 489 g/mol. The Morgan fingerprint density at radius 1 is 0.714 bits per heavy atom. The molecule has 3 aromatic carbocycles. The number of halogens is 6. The summed E-state index contributed by atoms with van der Waals surface area (Å²) in [6, 6.07) is 12.1. The lowest BCUT2D eigenvalue weighted by atomic mass is 9.77. The Balaban J connectivity index is 1.53. The second kappa shape index (κ2) is 10.7. The van der Waals surface area contributed by atoms with Gasteiger partial charge in [-0.25, -0.2) is 26.3 Å². The maximum atomic E-state index is 14.7. The zero-order valence-electron chi connectivity index (χ0n) is 19.4. The summed E-state index contributed by atoms with van der Waals surface area (Å²) in [6.45, 7) is 2.22. The molecular weight excluding hydrogens is 462 g/mol. The summed E-state index contributed by atoms with van der Waals surface area (Å²) in [6.07, 6.45) is 7.29. The molecule has 0 radical (unpaired) electrons. The monoisotopic (exact) mass is 488 g/mol. The van der Waals surface area contributed by atoms with Gasteiger partial charge in [0.1, 0.15) is 5.82 Å². The van der Waals surface area contributed by atoms with Gasteiger partial charge in [-0.3, -0.25) is 0 Å². The molecule has 0 aromatic heterocycles. The minimum Gasteiger partial charge on any atom is -0.206 e. The fraction of sp³-hybridized carbons (Fsp3) is 0.310. The van der Waals surface area contributed by atoms with Gasteiger partial charge in [0, 0.05) is 11.1 Å². The third-order valence-corrected chi connectivity index (χ3v) is 6.89. The Hall–Kier alpha value is -3.02. The van der Waals surface area contributed by atoms with E-state index in [0.29, 0.717) is 23.6 Å². The number of hydrogen-bond acceptors (Lipinski definition) is 0. The lowest BCUT2D eigenvalue weighted by molar-refractivity contribution is 0.308. The van der Waals surface area contributed by atoms with Crippen LogP contribution in [-0.2, 0) is 0 Å². The van der Waals surface area contributed by atoms with Gasteiger partial charge < -0.3 is 0 Å². The predicted molar refractivity (Wildman–Crippen MR) is 127 cm³/mol. The Morgan fingerprint density at radius 3 is 1.89 bits per heavy atom. The van der Waals surface area contributed by atoms with Crippen molar-refractivity contribution in [2.75, 3.05) is 0 Å². The van der Waals surface area contributed by atoms with E-state index in [4.69, 9.17) is 0 Å². The molecule has 35 heavy (non-hydrogen) atoms. The molecule has 3 aromatic rings. The molecule has 1 saturated carbocycles. The smallest absolute Gasteiger partial charge is 0.194 e. The summed E-state index contributed by atoms with van der Waals surface area (Å²) in [4.78, 5) is 0. The highest BCUT2D eigenvalue weighted by molar-refractivity contribution is 5.84. The Bertz CT molecular complexity index is 1200. The molecule has 1 aliphatic rings. The van der Waals surface area contributed by atoms with Crippen LogP contribution in [0.25, 0.3) is 22.8 Å². The van der Waals surface area contributed by atoms with Crippen LogP contribution in [0.5, 0.6) is 0 Å². The third kappa shape index (κ3) is 5.47. The van der Waals surface area contributed by atoms with Crippen LogP contribution in [-0.4, -0.2) is 0 Å². The van der Waals surface area contributed by atoms with E-state index in [2.05, 4.69) is 6.92 Å². The number of rotatable bonds is 6. The molecule has 0 saturated heterocycles. The van der Waals surface area contributed by atoms with E-state index in [9.17, 15) is 26.3 Å². The molecular formula is C29H26F6. The van der Waals surface area contributed by atoms with Crippen LogP contribution in [0.4, 0.5) is 26.3 Å². The molecule has 0 amide bonds. The summed E-state index contributed by atoms with van der Waals surface area (Å²) >= 11 is 0. The summed E-state index contributed by atoms with van der Waals surface area (Å²) in [5.41, 5.74) is 0.900.